The number of piperidine rings is 1. The number of primary amides is 1. The minimum absolute atomic E-state index is 0.0912. The molecule has 138 valence electrons. The van der Waals surface area contributed by atoms with Gasteiger partial charge in [-0.1, -0.05) is 13.8 Å². The van der Waals surface area contributed by atoms with Crippen LogP contribution >= 0.6 is 0 Å². The van der Waals surface area contributed by atoms with Crippen molar-refractivity contribution in [2.45, 2.75) is 65.2 Å². The number of likely N-dealkylation sites (tertiary alicyclic amines) is 1. The Kier molecular flexibility index (Phi) is 6.63. The molecule has 2 fully saturated rings. The average Bonchev–Trinajstić information content (AvgIpc) is 2.46. The number of ether oxygens (including phenoxy) is 1. The summed E-state index contributed by atoms with van der Waals surface area (Å²) in [4.78, 5) is 28.5. The fourth-order valence-electron chi connectivity index (χ4n) is 4.14. The fraction of sp³-hybridized carbons (Fsp3) is 0.889. The van der Waals surface area contributed by atoms with Crippen LogP contribution in [0.4, 0.5) is 0 Å². The van der Waals surface area contributed by atoms with E-state index >= 15 is 0 Å². The lowest BCUT2D eigenvalue weighted by atomic mass is 9.91. The molecule has 3 atom stereocenters. The summed E-state index contributed by atoms with van der Waals surface area (Å²) in [5.41, 5.74) is 5.29. The molecule has 0 aromatic carbocycles. The number of hydrogen-bond acceptors (Lipinski definition) is 4. The van der Waals surface area contributed by atoms with Gasteiger partial charge in [-0.2, -0.15) is 0 Å². The Morgan fingerprint density at radius 1 is 1.12 bits per heavy atom. The van der Waals surface area contributed by atoms with Gasteiger partial charge < -0.3 is 15.4 Å². The van der Waals surface area contributed by atoms with Crippen LogP contribution in [0, 0.1) is 11.8 Å². The van der Waals surface area contributed by atoms with Gasteiger partial charge in [-0.3, -0.25) is 14.5 Å². The molecule has 0 aromatic rings. The van der Waals surface area contributed by atoms with E-state index in [2.05, 4.69) is 32.6 Å². The molecule has 2 heterocycles. The zero-order valence-corrected chi connectivity index (χ0v) is 15.5. The first-order valence-corrected chi connectivity index (χ1v) is 9.24. The fourth-order valence-corrected chi connectivity index (χ4v) is 4.14. The minimum Gasteiger partial charge on any atom is -0.373 e. The van der Waals surface area contributed by atoms with Crippen molar-refractivity contribution in [1.82, 2.24) is 9.80 Å². The Morgan fingerprint density at radius 2 is 1.67 bits per heavy atom. The zero-order valence-electron chi connectivity index (χ0n) is 15.5. The number of amides is 2. The molecule has 0 aromatic heterocycles. The maximum atomic E-state index is 13.1. The highest BCUT2D eigenvalue weighted by Crippen LogP contribution is 2.24. The number of nitrogens with two attached hydrogens (primary N) is 1. The molecule has 6 heteroatoms. The highest BCUT2D eigenvalue weighted by molar-refractivity contribution is 5.82. The lowest BCUT2D eigenvalue weighted by molar-refractivity contribution is -0.146. The van der Waals surface area contributed by atoms with Crippen molar-refractivity contribution in [3.63, 3.8) is 0 Å². The van der Waals surface area contributed by atoms with E-state index in [9.17, 15) is 9.59 Å². The third-order valence-corrected chi connectivity index (χ3v) is 5.14. The number of carbonyl (C=O) groups excluding carboxylic acids is 2. The van der Waals surface area contributed by atoms with Crippen LogP contribution < -0.4 is 5.73 Å². The summed E-state index contributed by atoms with van der Waals surface area (Å²) in [6.07, 6.45) is 2.49. The van der Waals surface area contributed by atoms with E-state index in [-0.39, 0.29) is 36.0 Å². The first kappa shape index (κ1) is 19.2. The monoisotopic (exact) mass is 339 g/mol. The molecule has 6 nitrogen and oxygen atoms in total. The molecule has 0 bridgehead atoms. The highest BCUT2D eigenvalue weighted by atomic mass is 16.5. The maximum Gasteiger partial charge on any atom is 0.240 e. The SMILES string of the molecule is CC1CN(C(C(=O)N2CCC(CC(N)=O)CC2)C(C)C)CC(C)O1. The van der Waals surface area contributed by atoms with Crippen molar-refractivity contribution in [1.29, 1.82) is 0 Å². The predicted octanol–water partition coefficient (Wildman–Crippen LogP) is 1.23. The summed E-state index contributed by atoms with van der Waals surface area (Å²) in [6.45, 7) is 11.4. The second-order valence-electron chi connectivity index (χ2n) is 7.84. The second-order valence-corrected chi connectivity index (χ2v) is 7.84. The smallest absolute Gasteiger partial charge is 0.240 e. The van der Waals surface area contributed by atoms with Crippen molar-refractivity contribution >= 4 is 11.8 Å². The van der Waals surface area contributed by atoms with Gasteiger partial charge in [-0.25, -0.2) is 0 Å². The molecule has 0 spiro atoms. The lowest BCUT2D eigenvalue weighted by Crippen LogP contribution is -2.58. The van der Waals surface area contributed by atoms with Crippen molar-refractivity contribution < 1.29 is 14.3 Å². The van der Waals surface area contributed by atoms with Crippen molar-refractivity contribution in [2.24, 2.45) is 17.6 Å². The summed E-state index contributed by atoms with van der Waals surface area (Å²) >= 11 is 0. The van der Waals surface area contributed by atoms with E-state index < -0.39 is 0 Å². The Morgan fingerprint density at radius 3 is 2.12 bits per heavy atom. The van der Waals surface area contributed by atoms with Gasteiger partial charge in [-0.15, -0.1) is 0 Å². The van der Waals surface area contributed by atoms with E-state index in [0.717, 1.165) is 39.0 Å². The summed E-state index contributed by atoms with van der Waals surface area (Å²) in [5.74, 6) is 0.575. The Labute approximate surface area is 145 Å². The van der Waals surface area contributed by atoms with Crippen molar-refractivity contribution in [3.8, 4) is 0 Å². The Bertz CT molecular complexity index is 437. The van der Waals surface area contributed by atoms with Gasteiger partial charge in [0, 0.05) is 32.6 Å². The molecule has 2 aliphatic heterocycles. The van der Waals surface area contributed by atoms with Crippen LogP contribution in [0.15, 0.2) is 0 Å². The van der Waals surface area contributed by atoms with Gasteiger partial charge in [-0.05, 0) is 38.5 Å². The molecule has 2 aliphatic rings. The molecule has 2 N–H and O–H groups in total. The number of hydrogen-bond donors (Lipinski definition) is 1. The molecule has 24 heavy (non-hydrogen) atoms. The number of rotatable bonds is 5. The third-order valence-electron chi connectivity index (χ3n) is 5.14. The molecular formula is C18H33N3O3. The van der Waals surface area contributed by atoms with Crippen molar-refractivity contribution in [3.05, 3.63) is 0 Å². The Hall–Kier alpha value is -1.14. The normalized spacial score (nSPS) is 28.1. The van der Waals surface area contributed by atoms with Crippen molar-refractivity contribution in [2.75, 3.05) is 26.2 Å². The molecular weight excluding hydrogens is 306 g/mol. The maximum absolute atomic E-state index is 13.1. The number of carbonyl (C=O) groups is 2. The van der Waals surface area contributed by atoms with E-state index in [0.29, 0.717) is 12.3 Å². The number of nitrogens with zero attached hydrogens (tertiary/aromatic N) is 2. The topological polar surface area (TPSA) is 75.9 Å². The van der Waals surface area contributed by atoms with Gasteiger partial charge in [0.1, 0.15) is 0 Å². The molecule has 2 rings (SSSR count). The second kappa shape index (κ2) is 8.30. The molecule has 3 unspecified atom stereocenters. The first-order chi connectivity index (χ1) is 11.3. The van der Waals surface area contributed by atoms with Gasteiger partial charge in [0.2, 0.25) is 11.8 Å². The van der Waals surface area contributed by atoms with E-state index in [1.807, 2.05) is 4.90 Å². The summed E-state index contributed by atoms with van der Waals surface area (Å²) in [5, 5.41) is 0. The zero-order chi connectivity index (χ0) is 17.9. The summed E-state index contributed by atoms with van der Waals surface area (Å²) in [7, 11) is 0. The Balaban J connectivity index is 1.98. The lowest BCUT2D eigenvalue weighted by Gasteiger charge is -2.43. The van der Waals surface area contributed by atoms with Gasteiger partial charge in [0.15, 0.2) is 0 Å². The molecule has 0 radical (unpaired) electrons. The number of morpholine rings is 1. The highest BCUT2D eigenvalue weighted by Gasteiger charge is 2.37. The first-order valence-electron chi connectivity index (χ1n) is 9.24. The average molecular weight is 339 g/mol. The molecule has 2 amide bonds. The van der Waals surface area contributed by atoms with E-state index in [1.54, 1.807) is 0 Å². The van der Waals surface area contributed by atoms with Gasteiger partial charge in [0.25, 0.3) is 0 Å². The van der Waals surface area contributed by atoms with E-state index in [1.165, 1.54) is 0 Å². The molecule has 2 saturated heterocycles. The van der Waals surface area contributed by atoms with Crippen LogP contribution in [0.25, 0.3) is 0 Å². The van der Waals surface area contributed by atoms with Gasteiger partial charge in [0.05, 0.1) is 18.2 Å². The molecule has 0 aliphatic carbocycles. The third kappa shape index (κ3) is 4.93. The summed E-state index contributed by atoms with van der Waals surface area (Å²) in [6, 6.07) is -0.0912. The quantitative estimate of drug-likeness (QED) is 0.817. The molecule has 0 saturated carbocycles. The van der Waals surface area contributed by atoms with Crippen LogP contribution in [-0.4, -0.2) is 66.0 Å². The van der Waals surface area contributed by atoms with Crippen LogP contribution in [0.2, 0.25) is 0 Å². The van der Waals surface area contributed by atoms with Crippen LogP contribution in [0.3, 0.4) is 0 Å². The van der Waals surface area contributed by atoms with Crippen LogP contribution in [0.5, 0.6) is 0 Å². The predicted molar refractivity (Wildman–Crippen MR) is 93.3 cm³/mol. The largest absolute Gasteiger partial charge is 0.373 e. The van der Waals surface area contributed by atoms with Gasteiger partial charge >= 0.3 is 0 Å². The van der Waals surface area contributed by atoms with Crippen LogP contribution in [-0.2, 0) is 14.3 Å². The minimum atomic E-state index is -0.240. The standard InChI is InChI=1S/C18H33N3O3/c1-12(2)17(21-10-13(3)24-14(4)11-21)18(23)20-7-5-15(6-8-20)9-16(19)22/h12-15,17H,5-11H2,1-4H3,(H2,19,22). The van der Waals surface area contributed by atoms with E-state index in [4.69, 9.17) is 10.5 Å². The van der Waals surface area contributed by atoms with Crippen LogP contribution in [0.1, 0.15) is 47.0 Å². The summed E-state index contributed by atoms with van der Waals surface area (Å²) < 4.78 is 5.81.